The van der Waals surface area contributed by atoms with Gasteiger partial charge in [0, 0.05) is 18.2 Å². The SMILES string of the molecule is Br.CC1=C(C(N)=O)SC(C2CCNCC2)N1C1CCC(CCC(=O)O)CC1. The van der Waals surface area contributed by atoms with Gasteiger partial charge in [-0.25, -0.2) is 0 Å². The molecule has 1 aliphatic carbocycles. The van der Waals surface area contributed by atoms with E-state index in [4.69, 9.17) is 10.8 Å². The Morgan fingerprint density at radius 3 is 2.37 bits per heavy atom. The lowest BCUT2D eigenvalue weighted by Gasteiger charge is -2.43. The zero-order chi connectivity index (χ0) is 18.7. The van der Waals surface area contributed by atoms with Crippen LogP contribution in [-0.4, -0.2) is 46.4 Å². The summed E-state index contributed by atoms with van der Waals surface area (Å²) in [4.78, 5) is 26.0. The van der Waals surface area contributed by atoms with Crippen molar-refractivity contribution in [1.82, 2.24) is 10.2 Å². The van der Waals surface area contributed by atoms with Gasteiger partial charge >= 0.3 is 5.97 Å². The average molecular weight is 462 g/mol. The summed E-state index contributed by atoms with van der Waals surface area (Å²) < 4.78 is 0. The van der Waals surface area contributed by atoms with Gasteiger partial charge in [-0.3, -0.25) is 9.59 Å². The second-order valence-corrected chi connectivity index (χ2v) is 9.02. The highest BCUT2D eigenvalue weighted by atomic mass is 79.9. The van der Waals surface area contributed by atoms with Crippen LogP contribution in [0.2, 0.25) is 0 Å². The predicted octanol–water partition coefficient (Wildman–Crippen LogP) is 3.08. The van der Waals surface area contributed by atoms with Crippen molar-refractivity contribution in [2.75, 3.05) is 13.1 Å². The molecule has 4 N–H and O–H groups in total. The minimum atomic E-state index is -0.695. The van der Waals surface area contributed by atoms with Crippen LogP contribution in [0.5, 0.6) is 0 Å². The summed E-state index contributed by atoms with van der Waals surface area (Å²) in [6.45, 7) is 4.13. The molecule has 27 heavy (non-hydrogen) atoms. The largest absolute Gasteiger partial charge is 0.481 e. The number of nitrogens with two attached hydrogens (primary N) is 1. The van der Waals surface area contributed by atoms with Gasteiger partial charge in [-0.15, -0.1) is 17.0 Å². The fraction of sp³-hybridized carbons (Fsp3) is 0.789. The van der Waals surface area contributed by atoms with Crippen LogP contribution in [0.4, 0.5) is 0 Å². The maximum absolute atomic E-state index is 11.9. The van der Waals surface area contributed by atoms with Crippen LogP contribution in [0.25, 0.3) is 0 Å². The van der Waals surface area contributed by atoms with E-state index in [-0.39, 0.29) is 29.3 Å². The third-order valence-electron chi connectivity index (χ3n) is 6.22. The Hall–Kier alpha value is -0.730. The molecule has 154 valence electrons. The Bertz CT molecular complexity index is 573. The topological polar surface area (TPSA) is 95.7 Å². The molecule has 1 atom stereocenters. The number of nitrogens with zero attached hydrogens (tertiary/aromatic N) is 1. The summed E-state index contributed by atoms with van der Waals surface area (Å²) >= 11 is 1.68. The van der Waals surface area contributed by atoms with E-state index in [1.54, 1.807) is 11.8 Å². The molecule has 3 rings (SSSR count). The molecule has 1 unspecified atom stereocenters. The van der Waals surface area contributed by atoms with Crippen molar-refractivity contribution in [1.29, 1.82) is 0 Å². The average Bonchev–Trinajstić information content (AvgIpc) is 2.98. The number of thioether (sulfide) groups is 1. The first kappa shape index (κ1) is 22.6. The first-order valence-corrected chi connectivity index (χ1v) is 10.7. The van der Waals surface area contributed by atoms with Crippen molar-refractivity contribution in [2.24, 2.45) is 17.6 Å². The van der Waals surface area contributed by atoms with E-state index in [0.29, 0.717) is 23.3 Å². The van der Waals surface area contributed by atoms with E-state index in [0.717, 1.165) is 68.6 Å². The zero-order valence-electron chi connectivity index (χ0n) is 16.0. The standard InChI is InChI=1S/C19H31N3O3S.BrH/c1-12-17(18(20)25)26-19(14-8-10-21-11-9-14)22(12)15-5-2-13(3-6-15)4-7-16(23)24;/h13-15,19,21H,2-11H2,1H3,(H2,20,25)(H,23,24);1H. The lowest BCUT2D eigenvalue weighted by Crippen LogP contribution is -2.45. The summed E-state index contributed by atoms with van der Waals surface area (Å²) in [6.07, 6.45) is 7.66. The number of carboxylic acids is 1. The number of allylic oxidation sites excluding steroid dienone is 1. The van der Waals surface area contributed by atoms with Gasteiger partial charge in [0.05, 0.1) is 10.3 Å². The highest BCUT2D eigenvalue weighted by Crippen LogP contribution is 2.47. The molecule has 6 nitrogen and oxygen atoms in total. The Kier molecular flexibility index (Phi) is 8.49. The van der Waals surface area contributed by atoms with Crippen LogP contribution in [0.3, 0.4) is 0 Å². The van der Waals surface area contributed by atoms with Gasteiger partial charge in [-0.1, -0.05) is 11.8 Å². The van der Waals surface area contributed by atoms with Gasteiger partial charge < -0.3 is 21.1 Å². The highest BCUT2D eigenvalue weighted by molar-refractivity contribution is 8.93. The Morgan fingerprint density at radius 1 is 1.19 bits per heavy atom. The van der Waals surface area contributed by atoms with Gasteiger partial charge in [0.25, 0.3) is 5.91 Å². The molecule has 0 aromatic carbocycles. The molecule has 2 aliphatic heterocycles. The summed E-state index contributed by atoms with van der Waals surface area (Å²) in [7, 11) is 0. The molecule has 0 bridgehead atoms. The summed E-state index contributed by atoms with van der Waals surface area (Å²) in [6, 6.07) is 0.445. The first-order chi connectivity index (χ1) is 12.5. The van der Waals surface area contributed by atoms with Crippen LogP contribution in [0, 0.1) is 11.8 Å². The minimum absolute atomic E-state index is 0. The number of halogens is 1. The number of rotatable bonds is 6. The Labute approximate surface area is 176 Å². The van der Waals surface area contributed by atoms with E-state index in [2.05, 4.69) is 10.2 Å². The van der Waals surface area contributed by atoms with Gasteiger partial charge in [0.1, 0.15) is 0 Å². The molecule has 0 aromatic heterocycles. The molecule has 0 spiro atoms. The Morgan fingerprint density at radius 2 is 1.81 bits per heavy atom. The van der Waals surface area contributed by atoms with Gasteiger partial charge in [0.2, 0.25) is 0 Å². The normalized spacial score (nSPS) is 29.5. The number of amides is 1. The predicted molar refractivity (Wildman–Crippen MR) is 114 cm³/mol. The molecule has 3 aliphatic rings. The third kappa shape index (κ3) is 5.41. The maximum Gasteiger partial charge on any atom is 0.303 e. The van der Waals surface area contributed by atoms with Crippen molar-refractivity contribution in [2.45, 2.75) is 69.7 Å². The number of carbonyl (C=O) groups excluding carboxylic acids is 1. The first-order valence-electron chi connectivity index (χ1n) is 9.85. The molecule has 0 aromatic rings. The monoisotopic (exact) mass is 461 g/mol. The number of piperidine rings is 1. The van der Waals surface area contributed by atoms with E-state index in [1.807, 2.05) is 6.92 Å². The van der Waals surface area contributed by atoms with Crippen molar-refractivity contribution < 1.29 is 14.7 Å². The van der Waals surface area contributed by atoms with Crippen molar-refractivity contribution >= 4 is 40.6 Å². The second-order valence-electron chi connectivity index (χ2n) is 7.89. The van der Waals surface area contributed by atoms with Crippen molar-refractivity contribution in [3.63, 3.8) is 0 Å². The molecule has 2 heterocycles. The van der Waals surface area contributed by atoms with Crippen LogP contribution in [0.1, 0.15) is 58.3 Å². The van der Waals surface area contributed by atoms with Crippen LogP contribution >= 0.6 is 28.7 Å². The number of hydrogen-bond donors (Lipinski definition) is 3. The quantitative estimate of drug-likeness (QED) is 0.562. The number of primary amides is 1. The molecular weight excluding hydrogens is 430 g/mol. The minimum Gasteiger partial charge on any atom is -0.481 e. The smallest absolute Gasteiger partial charge is 0.303 e. The molecule has 2 fully saturated rings. The molecular formula is C19H32BrN3O3S. The second kappa shape index (κ2) is 10.2. The summed E-state index contributed by atoms with van der Waals surface area (Å²) in [5.74, 6) is 0.107. The fourth-order valence-corrected chi connectivity index (χ4v) is 6.32. The molecule has 0 radical (unpaired) electrons. The maximum atomic E-state index is 11.9. The molecule has 8 heteroatoms. The van der Waals surface area contributed by atoms with Crippen molar-refractivity contribution in [3.8, 4) is 0 Å². The van der Waals surface area contributed by atoms with Gasteiger partial charge in [0.15, 0.2) is 0 Å². The molecule has 1 amide bonds. The van der Waals surface area contributed by atoms with Crippen LogP contribution < -0.4 is 11.1 Å². The van der Waals surface area contributed by atoms with E-state index >= 15 is 0 Å². The number of carbonyl (C=O) groups is 2. The Balaban J connectivity index is 0.00000261. The fourth-order valence-electron chi connectivity index (χ4n) is 4.78. The third-order valence-corrected chi connectivity index (χ3v) is 7.80. The van der Waals surface area contributed by atoms with Gasteiger partial charge in [-0.2, -0.15) is 0 Å². The summed E-state index contributed by atoms with van der Waals surface area (Å²) in [5.41, 5.74) is 6.70. The number of carboxylic acid groups (broad SMARTS) is 1. The number of nitrogens with one attached hydrogen (secondary N) is 1. The zero-order valence-corrected chi connectivity index (χ0v) is 18.5. The van der Waals surface area contributed by atoms with E-state index < -0.39 is 5.97 Å². The molecule has 1 saturated heterocycles. The van der Waals surface area contributed by atoms with Crippen molar-refractivity contribution in [3.05, 3.63) is 10.6 Å². The summed E-state index contributed by atoms with van der Waals surface area (Å²) in [5, 5.41) is 12.6. The molecule has 1 saturated carbocycles. The highest BCUT2D eigenvalue weighted by Gasteiger charge is 2.42. The lowest BCUT2D eigenvalue weighted by molar-refractivity contribution is -0.137. The van der Waals surface area contributed by atoms with E-state index in [9.17, 15) is 9.59 Å². The van der Waals surface area contributed by atoms with Crippen LogP contribution in [0.15, 0.2) is 10.6 Å². The van der Waals surface area contributed by atoms with Crippen LogP contribution in [-0.2, 0) is 9.59 Å². The number of aliphatic carboxylic acids is 1. The lowest BCUT2D eigenvalue weighted by atomic mass is 9.82. The number of hydrogen-bond acceptors (Lipinski definition) is 5. The van der Waals surface area contributed by atoms with Gasteiger partial charge in [-0.05, 0) is 76.8 Å². The van der Waals surface area contributed by atoms with E-state index in [1.165, 1.54) is 0 Å².